The molecule has 0 radical (unpaired) electrons. The number of rotatable bonds is 4. The largest absolute Gasteiger partial charge is 0.433 e. The highest BCUT2D eigenvalue weighted by Crippen LogP contribution is 2.34. The molecule has 1 N–H and O–H groups in total. The highest BCUT2D eigenvalue weighted by atomic mass is 19.4. The van der Waals surface area contributed by atoms with Crippen molar-refractivity contribution >= 4 is 11.9 Å². The van der Waals surface area contributed by atoms with Gasteiger partial charge in [0, 0.05) is 50.1 Å². The van der Waals surface area contributed by atoms with Crippen LogP contribution in [0.3, 0.4) is 0 Å². The van der Waals surface area contributed by atoms with Crippen LogP contribution in [0.1, 0.15) is 30.1 Å². The first-order chi connectivity index (χ1) is 12.8. The molecule has 0 aromatic carbocycles. The monoisotopic (exact) mass is 380 g/mol. The second-order valence-electron chi connectivity index (χ2n) is 7.02. The van der Waals surface area contributed by atoms with Gasteiger partial charge in [-0.3, -0.25) is 9.48 Å². The molecular weight excluding hydrogens is 361 g/mol. The zero-order valence-electron chi connectivity index (χ0n) is 14.6. The fraction of sp³-hybridized carbons (Fsp3) is 0.529. The van der Waals surface area contributed by atoms with E-state index in [1.807, 2.05) is 6.07 Å². The highest BCUT2D eigenvalue weighted by molar-refractivity contribution is 5.81. The maximum atomic E-state index is 13.0. The predicted molar refractivity (Wildman–Crippen MR) is 89.9 cm³/mol. The molecular formula is C17H19F3N6O. The molecule has 7 nitrogen and oxygen atoms in total. The van der Waals surface area contributed by atoms with Gasteiger partial charge >= 0.3 is 6.18 Å². The number of aryl methyl sites for hydroxylation is 1. The van der Waals surface area contributed by atoms with E-state index in [0.29, 0.717) is 13.1 Å². The van der Waals surface area contributed by atoms with Crippen molar-refractivity contribution in [3.05, 3.63) is 35.9 Å². The Hall–Kier alpha value is -2.65. The van der Waals surface area contributed by atoms with E-state index < -0.39 is 11.9 Å². The summed E-state index contributed by atoms with van der Waals surface area (Å²) in [4.78, 5) is 21.6. The fourth-order valence-electron chi connectivity index (χ4n) is 3.47. The lowest BCUT2D eigenvalue weighted by molar-refractivity contribution is -0.141. The van der Waals surface area contributed by atoms with Gasteiger partial charge in [0.05, 0.1) is 6.04 Å². The van der Waals surface area contributed by atoms with E-state index in [-0.39, 0.29) is 29.7 Å². The SMILES string of the molecule is Cn1nccc1[C@@H]1CN(c2nccc(C(F)(F)F)n2)C[C@H]1NC(=O)C1CC1. The van der Waals surface area contributed by atoms with Crippen LogP contribution in [-0.4, -0.2) is 44.8 Å². The standard InChI is InChI=1S/C17H19F3N6O/c1-25-13(4-7-22-25)11-8-26(9-12(11)23-15(27)10-2-3-10)16-21-6-5-14(24-16)17(18,19)20/h4-7,10-12H,2-3,8-9H2,1H3,(H,23,27)/t11-,12-/m1/s1. The third kappa shape index (κ3) is 3.60. The molecule has 1 aliphatic carbocycles. The number of hydrogen-bond acceptors (Lipinski definition) is 5. The number of alkyl halides is 3. The van der Waals surface area contributed by atoms with Crippen LogP contribution in [0.25, 0.3) is 0 Å². The zero-order chi connectivity index (χ0) is 19.2. The van der Waals surface area contributed by atoms with E-state index in [4.69, 9.17) is 0 Å². The summed E-state index contributed by atoms with van der Waals surface area (Å²) in [5.74, 6) is -0.0477. The Labute approximate surface area is 153 Å². The molecule has 3 heterocycles. The molecule has 1 saturated heterocycles. The average molecular weight is 380 g/mol. The lowest BCUT2D eigenvalue weighted by Crippen LogP contribution is -2.41. The van der Waals surface area contributed by atoms with Crippen molar-refractivity contribution in [2.75, 3.05) is 18.0 Å². The third-order valence-electron chi connectivity index (χ3n) is 5.05. The average Bonchev–Trinajstić information content (AvgIpc) is 3.28. The van der Waals surface area contributed by atoms with Crippen LogP contribution in [0.2, 0.25) is 0 Å². The number of aromatic nitrogens is 4. The number of carbonyl (C=O) groups is 1. The van der Waals surface area contributed by atoms with E-state index in [1.165, 1.54) is 0 Å². The van der Waals surface area contributed by atoms with Gasteiger partial charge in [-0.15, -0.1) is 0 Å². The van der Waals surface area contributed by atoms with Crippen LogP contribution < -0.4 is 10.2 Å². The topological polar surface area (TPSA) is 75.9 Å². The van der Waals surface area contributed by atoms with Crippen molar-refractivity contribution in [3.8, 4) is 0 Å². The summed E-state index contributed by atoms with van der Waals surface area (Å²) in [6.07, 6.45) is 0.0160. The van der Waals surface area contributed by atoms with E-state index >= 15 is 0 Å². The summed E-state index contributed by atoms with van der Waals surface area (Å²) < 4.78 is 40.6. The van der Waals surface area contributed by atoms with Gasteiger partial charge < -0.3 is 10.2 Å². The van der Waals surface area contributed by atoms with Gasteiger partial charge in [0.15, 0.2) is 0 Å². The Morgan fingerprint density at radius 3 is 2.63 bits per heavy atom. The maximum Gasteiger partial charge on any atom is 0.433 e. The number of hydrogen-bond donors (Lipinski definition) is 1. The highest BCUT2D eigenvalue weighted by Gasteiger charge is 2.41. The van der Waals surface area contributed by atoms with Crippen LogP contribution >= 0.6 is 0 Å². The summed E-state index contributed by atoms with van der Waals surface area (Å²) in [6.45, 7) is 0.742. The lowest BCUT2D eigenvalue weighted by atomic mass is 9.99. The molecule has 2 aromatic heterocycles. The zero-order valence-corrected chi connectivity index (χ0v) is 14.6. The second-order valence-corrected chi connectivity index (χ2v) is 7.02. The summed E-state index contributed by atoms with van der Waals surface area (Å²) >= 11 is 0. The van der Waals surface area contributed by atoms with Crippen LogP contribution in [0, 0.1) is 5.92 Å². The lowest BCUT2D eigenvalue weighted by Gasteiger charge is -2.19. The number of nitrogens with zero attached hydrogens (tertiary/aromatic N) is 5. The minimum atomic E-state index is -4.53. The van der Waals surface area contributed by atoms with Gasteiger partial charge in [-0.05, 0) is 25.0 Å². The quantitative estimate of drug-likeness (QED) is 0.874. The van der Waals surface area contributed by atoms with E-state index in [2.05, 4.69) is 20.4 Å². The van der Waals surface area contributed by atoms with Crippen molar-refractivity contribution in [2.24, 2.45) is 13.0 Å². The number of nitrogens with one attached hydrogen (secondary N) is 1. The van der Waals surface area contributed by atoms with Crippen LogP contribution in [-0.2, 0) is 18.0 Å². The molecule has 2 fully saturated rings. The molecule has 2 atom stereocenters. The van der Waals surface area contributed by atoms with Gasteiger partial charge in [0.2, 0.25) is 11.9 Å². The smallest absolute Gasteiger partial charge is 0.351 e. The maximum absolute atomic E-state index is 13.0. The fourth-order valence-corrected chi connectivity index (χ4v) is 3.47. The normalized spacial score (nSPS) is 22.9. The molecule has 4 rings (SSSR count). The molecule has 0 bridgehead atoms. The summed E-state index contributed by atoms with van der Waals surface area (Å²) in [5.41, 5.74) is -0.0689. The van der Waals surface area contributed by atoms with Gasteiger partial charge in [0.25, 0.3) is 0 Å². The summed E-state index contributed by atoms with van der Waals surface area (Å²) in [5, 5.41) is 7.22. The third-order valence-corrected chi connectivity index (χ3v) is 5.05. The molecule has 144 valence electrons. The Kier molecular flexibility index (Phi) is 4.27. The first-order valence-corrected chi connectivity index (χ1v) is 8.76. The van der Waals surface area contributed by atoms with Crippen molar-refractivity contribution in [1.29, 1.82) is 0 Å². The van der Waals surface area contributed by atoms with E-state index in [9.17, 15) is 18.0 Å². The Morgan fingerprint density at radius 1 is 1.22 bits per heavy atom. The minimum absolute atomic E-state index is 0.000945. The molecule has 0 spiro atoms. The molecule has 27 heavy (non-hydrogen) atoms. The van der Waals surface area contributed by atoms with Gasteiger partial charge in [-0.1, -0.05) is 0 Å². The van der Waals surface area contributed by atoms with E-state index in [1.54, 1.807) is 22.8 Å². The molecule has 2 aliphatic rings. The summed E-state index contributed by atoms with van der Waals surface area (Å²) in [7, 11) is 1.80. The van der Waals surface area contributed by atoms with E-state index in [0.717, 1.165) is 30.8 Å². The molecule has 0 unspecified atom stereocenters. The molecule has 2 aromatic rings. The Morgan fingerprint density at radius 2 is 2.00 bits per heavy atom. The molecule has 10 heteroatoms. The minimum Gasteiger partial charge on any atom is -0.351 e. The van der Waals surface area contributed by atoms with Crippen molar-refractivity contribution in [3.63, 3.8) is 0 Å². The van der Waals surface area contributed by atoms with Crippen LogP contribution in [0.5, 0.6) is 0 Å². The number of carbonyl (C=O) groups excluding carboxylic acids is 1. The van der Waals surface area contributed by atoms with Gasteiger partial charge in [-0.25, -0.2) is 9.97 Å². The number of anilines is 1. The van der Waals surface area contributed by atoms with Crippen molar-refractivity contribution in [1.82, 2.24) is 25.1 Å². The number of halogens is 3. The first kappa shape index (κ1) is 17.7. The van der Waals surface area contributed by atoms with Crippen LogP contribution in [0.15, 0.2) is 24.5 Å². The molecule has 1 saturated carbocycles. The first-order valence-electron chi connectivity index (χ1n) is 8.76. The Balaban J connectivity index is 1.60. The van der Waals surface area contributed by atoms with Gasteiger partial charge in [0.1, 0.15) is 5.69 Å². The Bertz CT molecular complexity index is 847. The molecule has 1 aliphatic heterocycles. The summed E-state index contributed by atoms with van der Waals surface area (Å²) in [6, 6.07) is 2.47. The predicted octanol–water partition coefficient (Wildman–Crippen LogP) is 1.73. The van der Waals surface area contributed by atoms with Crippen molar-refractivity contribution < 1.29 is 18.0 Å². The van der Waals surface area contributed by atoms with Crippen molar-refractivity contribution in [2.45, 2.75) is 31.0 Å². The second kappa shape index (κ2) is 6.50. The molecule has 1 amide bonds. The van der Waals surface area contributed by atoms with Gasteiger partial charge in [-0.2, -0.15) is 18.3 Å². The van der Waals surface area contributed by atoms with Crippen LogP contribution in [0.4, 0.5) is 19.1 Å². The number of amides is 1.